The Morgan fingerprint density at radius 2 is 2.17 bits per heavy atom. The molecule has 0 atom stereocenters. The van der Waals surface area contributed by atoms with Crippen LogP contribution in [0.4, 0.5) is 4.39 Å². The normalized spacial score (nSPS) is 11.2. The van der Waals surface area contributed by atoms with Gasteiger partial charge in [0.15, 0.2) is 0 Å². The number of aryl methyl sites for hydroxylation is 1. The molecule has 2 N–H and O–H groups in total. The number of carboxylic acid groups (broad SMARTS) is 1. The minimum absolute atomic E-state index is 0.00115. The molecule has 1 aromatic carbocycles. The summed E-state index contributed by atoms with van der Waals surface area (Å²) in [6.07, 6.45) is 1.34. The number of hydrogen-bond acceptors (Lipinski definition) is 3. The largest absolute Gasteiger partial charge is 0.478 e. The van der Waals surface area contributed by atoms with Crippen LogP contribution in [-0.4, -0.2) is 26.0 Å². The van der Waals surface area contributed by atoms with Gasteiger partial charge in [-0.05, 0) is 24.6 Å². The van der Waals surface area contributed by atoms with Gasteiger partial charge in [0.25, 0.3) is 0 Å². The molecular weight excluding hydrogens is 261 g/mol. The van der Waals surface area contributed by atoms with Gasteiger partial charge in [-0.2, -0.15) is 0 Å². The molecule has 0 saturated heterocycles. The van der Waals surface area contributed by atoms with Crippen molar-refractivity contribution >= 4 is 16.0 Å². The molecule has 0 heterocycles. The second-order valence-electron chi connectivity index (χ2n) is 3.55. The molecule has 5 nitrogen and oxygen atoms in total. The predicted octanol–water partition coefficient (Wildman–Crippen LogP) is 1.30. The Kier molecular flexibility index (Phi) is 4.20. The molecule has 0 unspecified atom stereocenters. The average molecular weight is 273 g/mol. The molecule has 0 amide bonds. The lowest BCUT2D eigenvalue weighted by Gasteiger charge is -2.08. The van der Waals surface area contributed by atoms with Crippen molar-refractivity contribution < 1.29 is 22.7 Å². The number of hydrogen-bond donors (Lipinski definition) is 2. The van der Waals surface area contributed by atoms with Crippen LogP contribution >= 0.6 is 0 Å². The third-order valence-corrected chi connectivity index (χ3v) is 3.59. The third kappa shape index (κ3) is 2.93. The molecule has 18 heavy (non-hydrogen) atoms. The summed E-state index contributed by atoms with van der Waals surface area (Å²) in [5.41, 5.74) is -0.720. The Labute approximate surface area is 104 Å². The van der Waals surface area contributed by atoms with Gasteiger partial charge >= 0.3 is 5.97 Å². The topological polar surface area (TPSA) is 83.5 Å². The minimum atomic E-state index is -3.87. The molecule has 1 aromatic rings. The first-order valence-electron chi connectivity index (χ1n) is 4.93. The van der Waals surface area contributed by atoms with E-state index in [1.165, 1.54) is 13.0 Å². The van der Waals surface area contributed by atoms with E-state index in [1.807, 2.05) is 0 Å². The van der Waals surface area contributed by atoms with Crippen molar-refractivity contribution in [3.63, 3.8) is 0 Å². The van der Waals surface area contributed by atoms with Crippen molar-refractivity contribution in [2.75, 3.05) is 6.54 Å². The van der Waals surface area contributed by atoms with E-state index in [0.717, 1.165) is 12.1 Å². The molecule has 1 rings (SSSR count). The lowest BCUT2D eigenvalue weighted by atomic mass is 10.1. The maximum absolute atomic E-state index is 13.5. The van der Waals surface area contributed by atoms with Crippen LogP contribution in [0.5, 0.6) is 0 Å². The van der Waals surface area contributed by atoms with Crippen molar-refractivity contribution in [1.29, 1.82) is 0 Å². The molecule has 0 radical (unpaired) electrons. The van der Waals surface area contributed by atoms with Crippen LogP contribution in [0, 0.1) is 12.7 Å². The highest BCUT2D eigenvalue weighted by Crippen LogP contribution is 2.19. The van der Waals surface area contributed by atoms with Crippen LogP contribution in [0.25, 0.3) is 0 Å². The standard InChI is InChI=1S/C11H12FNO4S/c1-3-4-13-18(16,17)8-5-7(2)10(12)9(6-8)11(14)15/h3,5-6,13H,1,4H2,2H3,(H,14,15). The predicted molar refractivity (Wildman–Crippen MR) is 63.5 cm³/mol. The number of rotatable bonds is 5. The zero-order valence-corrected chi connectivity index (χ0v) is 10.4. The molecule has 0 aliphatic rings. The number of benzene rings is 1. The van der Waals surface area contributed by atoms with Gasteiger partial charge < -0.3 is 5.11 Å². The van der Waals surface area contributed by atoms with E-state index in [9.17, 15) is 17.6 Å². The fourth-order valence-corrected chi connectivity index (χ4v) is 2.41. The zero-order chi connectivity index (χ0) is 13.9. The van der Waals surface area contributed by atoms with Gasteiger partial charge in [0.2, 0.25) is 10.0 Å². The van der Waals surface area contributed by atoms with Crippen molar-refractivity contribution in [2.24, 2.45) is 0 Å². The quantitative estimate of drug-likeness (QED) is 0.792. The summed E-state index contributed by atoms with van der Waals surface area (Å²) in [7, 11) is -3.87. The smallest absolute Gasteiger partial charge is 0.338 e. The SMILES string of the molecule is C=CCNS(=O)(=O)c1cc(C)c(F)c(C(=O)O)c1. The van der Waals surface area contributed by atoms with Crippen LogP contribution in [0.1, 0.15) is 15.9 Å². The summed E-state index contributed by atoms with van der Waals surface area (Å²) in [6, 6.07) is 1.86. The summed E-state index contributed by atoms with van der Waals surface area (Å²) in [4.78, 5) is 10.5. The van der Waals surface area contributed by atoms with E-state index in [1.54, 1.807) is 0 Å². The molecule has 0 aliphatic carbocycles. The lowest BCUT2D eigenvalue weighted by Crippen LogP contribution is -2.24. The van der Waals surface area contributed by atoms with Crippen LogP contribution in [0.2, 0.25) is 0 Å². The van der Waals surface area contributed by atoms with Crippen LogP contribution in [0.15, 0.2) is 29.7 Å². The van der Waals surface area contributed by atoms with E-state index in [-0.39, 0.29) is 17.0 Å². The highest BCUT2D eigenvalue weighted by Gasteiger charge is 2.20. The van der Waals surface area contributed by atoms with Crippen molar-refractivity contribution in [3.05, 3.63) is 41.7 Å². The van der Waals surface area contributed by atoms with Crippen molar-refractivity contribution in [2.45, 2.75) is 11.8 Å². The Hall–Kier alpha value is -1.73. The Balaban J connectivity index is 3.35. The molecular formula is C11H12FNO4S. The zero-order valence-electron chi connectivity index (χ0n) is 9.60. The summed E-state index contributed by atoms with van der Waals surface area (Å²) in [5.74, 6) is -2.46. The molecule has 0 aromatic heterocycles. The van der Waals surface area contributed by atoms with Crippen molar-refractivity contribution in [3.8, 4) is 0 Å². The first-order chi connectivity index (χ1) is 8.29. The number of sulfonamides is 1. The number of carbonyl (C=O) groups is 1. The Morgan fingerprint density at radius 1 is 1.56 bits per heavy atom. The summed E-state index contributed by atoms with van der Waals surface area (Å²) in [6.45, 7) is 4.65. The lowest BCUT2D eigenvalue weighted by molar-refractivity contribution is 0.0691. The van der Waals surface area contributed by atoms with Crippen LogP contribution in [-0.2, 0) is 10.0 Å². The van der Waals surface area contributed by atoms with Gasteiger partial charge in [0.1, 0.15) is 5.82 Å². The summed E-state index contributed by atoms with van der Waals surface area (Å²) < 4.78 is 39.1. The number of halogens is 1. The molecule has 7 heteroatoms. The number of carboxylic acids is 1. The second kappa shape index (κ2) is 5.28. The van der Waals surface area contributed by atoms with E-state index >= 15 is 0 Å². The van der Waals surface area contributed by atoms with Gasteiger partial charge in [-0.3, -0.25) is 0 Å². The number of nitrogens with one attached hydrogen (secondary N) is 1. The molecule has 98 valence electrons. The van der Waals surface area contributed by atoms with Crippen LogP contribution in [0.3, 0.4) is 0 Å². The van der Waals surface area contributed by atoms with E-state index in [4.69, 9.17) is 5.11 Å². The van der Waals surface area contributed by atoms with E-state index in [0.29, 0.717) is 0 Å². The average Bonchev–Trinajstić information content (AvgIpc) is 2.29. The first kappa shape index (κ1) is 14.3. The van der Waals surface area contributed by atoms with E-state index in [2.05, 4.69) is 11.3 Å². The van der Waals surface area contributed by atoms with E-state index < -0.39 is 27.4 Å². The first-order valence-corrected chi connectivity index (χ1v) is 6.42. The molecule has 0 spiro atoms. The fraction of sp³-hybridized carbons (Fsp3) is 0.182. The number of aromatic carboxylic acids is 1. The molecule has 0 fully saturated rings. The maximum atomic E-state index is 13.5. The van der Waals surface area contributed by atoms with Crippen LogP contribution < -0.4 is 4.72 Å². The maximum Gasteiger partial charge on any atom is 0.338 e. The van der Waals surface area contributed by atoms with Gasteiger partial charge in [0.05, 0.1) is 10.5 Å². The highest BCUT2D eigenvalue weighted by atomic mass is 32.2. The summed E-state index contributed by atoms with van der Waals surface area (Å²) in [5, 5.41) is 8.78. The Bertz CT molecular complexity index is 595. The fourth-order valence-electron chi connectivity index (χ4n) is 1.30. The van der Waals surface area contributed by atoms with Crippen molar-refractivity contribution in [1.82, 2.24) is 4.72 Å². The third-order valence-electron chi connectivity index (χ3n) is 2.19. The molecule has 0 saturated carbocycles. The van der Waals surface area contributed by atoms with Gasteiger partial charge in [-0.1, -0.05) is 6.08 Å². The molecule has 0 bridgehead atoms. The summed E-state index contributed by atoms with van der Waals surface area (Å²) >= 11 is 0. The second-order valence-corrected chi connectivity index (χ2v) is 5.31. The Morgan fingerprint density at radius 3 is 2.67 bits per heavy atom. The minimum Gasteiger partial charge on any atom is -0.478 e. The van der Waals surface area contributed by atoms with Gasteiger partial charge in [0, 0.05) is 6.54 Å². The highest BCUT2D eigenvalue weighted by molar-refractivity contribution is 7.89. The van der Waals surface area contributed by atoms with Gasteiger partial charge in [-0.15, -0.1) is 6.58 Å². The molecule has 0 aliphatic heterocycles. The monoisotopic (exact) mass is 273 g/mol. The van der Waals surface area contributed by atoms with Gasteiger partial charge in [-0.25, -0.2) is 22.3 Å².